The SMILES string of the molecule is O=C(Nc1cc(Cl)ccc1O)c1cccc2c(Br)cccc12. The highest BCUT2D eigenvalue weighted by atomic mass is 79.9. The van der Waals surface area contributed by atoms with Gasteiger partial charge in [0.15, 0.2) is 0 Å². The van der Waals surface area contributed by atoms with Crippen molar-refractivity contribution in [2.75, 3.05) is 5.32 Å². The molecule has 5 heteroatoms. The summed E-state index contributed by atoms with van der Waals surface area (Å²) < 4.78 is 0.922. The van der Waals surface area contributed by atoms with E-state index >= 15 is 0 Å². The monoisotopic (exact) mass is 375 g/mol. The van der Waals surface area contributed by atoms with Crippen molar-refractivity contribution in [3.05, 3.63) is 69.7 Å². The van der Waals surface area contributed by atoms with Crippen LogP contribution in [0.3, 0.4) is 0 Å². The number of aromatic hydroxyl groups is 1. The zero-order chi connectivity index (χ0) is 15.7. The maximum absolute atomic E-state index is 12.5. The summed E-state index contributed by atoms with van der Waals surface area (Å²) in [6.45, 7) is 0. The van der Waals surface area contributed by atoms with Gasteiger partial charge in [-0.25, -0.2) is 0 Å². The molecule has 0 unspecified atom stereocenters. The molecule has 0 radical (unpaired) electrons. The third-order valence-electron chi connectivity index (χ3n) is 3.32. The fourth-order valence-electron chi connectivity index (χ4n) is 2.27. The van der Waals surface area contributed by atoms with Gasteiger partial charge in [-0.15, -0.1) is 0 Å². The van der Waals surface area contributed by atoms with E-state index in [2.05, 4.69) is 21.2 Å². The maximum atomic E-state index is 12.5. The van der Waals surface area contributed by atoms with Gasteiger partial charge in [0.25, 0.3) is 5.91 Å². The molecule has 0 aliphatic heterocycles. The van der Waals surface area contributed by atoms with Gasteiger partial charge >= 0.3 is 0 Å². The van der Waals surface area contributed by atoms with Crippen LogP contribution in [0.2, 0.25) is 5.02 Å². The number of rotatable bonds is 2. The average Bonchev–Trinajstić information content (AvgIpc) is 2.51. The molecule has 0 aliphatic rings. The predicted octanol–water partition coefficient (Wildman–Crippen LogP) is 5.21. The number of nitrogens with one attached hydrogen (secondary N) is 1. The van der Waals surface area contributed by atoms with E-state index in [-0.39, 0.29) is 17.3 Å². The maximum Gasteiger partial charge on any atom is 0.256 e. The Bertz CT molecular complexity index is 880. The zero-order valence-electron chi connectivity index (χ0n) is 11.3. The second kappa shape index (κ2) is 5.99. The molecule has 3 aromatic rings. The lowest BCUT2D eigenvalue weighted by atomic mass is 10.0. The first kappa shape index (κ1) is 14.9. The van der Waals surface area contributed by atoms with Crippen molar-refractivity contribution < 1.29 is 9.90 Å². The quantitative estimate of drug-likeness (QED) is 0.603. The largest absolute Gasteiger partial charge is 0.506 e. The van der Waals surface area contributed by atoms with Crippen LogP contribution in [0.25, 0.3) is 10.8 Å². The summed E-state index contributed by atoms with van der Waals surface area (Å²) in [4.78, 5) is 12.5. The van der Waals surface area contributed by atoms with Gasteiger partial charge in [-0.3, -0.25) is 4.79 Å². The predicted molar refractivity (Wildman–Crippen MR) is 92.7 cm³/mol. The first-order chi connectivity index (χ1) is 10.6. The zero-order valence-corrected chi connectivity index (χ0v) is 13.6. The van der Waals surface area contributed by atoms with Crippen molar-refractivity contribution in [1.29, 1.82) is 0 Å². The molecule has 3 rings (SSSR count). The van der Waals surface area contributed by atoms with Gasteiger partial charge in [-0.1, -0.05) is 51.8 Å². The van der Waals surface area contributed by atoms with Crippen LogP contribution in [0.15, 0.2) is 59.1 Å². The molecule has 0 saturated carbocycles. The molecule has 1 amide bonds. The summed E-state index contributed by atoms with van der Waals surface area (Å²) in [5.41, 5.74) is 0.808. The first-order valence-electron chi connectivity index (χ1n) is 6.53. The Labute approximate surface area is 140 Å². The molecule has 0 spiro atoms. The minimum atomic E-state index is -0.304. The smallest absolute Gasteiger partial charge is 0.256 e. The summed E-state index contributed by atoms with van der Waals surface area (Å²) in [6, 6.07) is 15.7. The number of hydrogen-bond donors (Lipinski definition) is 2. The van der Waals surface area contributed by atoms with Crippen molar-refractivity contribution in [2.45, 2.75) is 0 Å². The number of phenolic OH excluding ortho intramolecular Hbond substituents is 1. The molecule has 3 aromatic carbocycles. The second-order valence-corrected chi connectivity index (χ2v) is 6.05. The number of amides is 1. The molecule has 0 aliphatic carbocycles. The number of phenols is 1. The highest BCUT2D eigenvalue weighted by Gasteiger charge is 2.13. The van der Waals surface area contributed by atoms with Gasteiger partial charge in [0.1, 0.15) is 5.75 Å². The van der Waals surface area contributed by atoms with Crippen LogP contribution >= 0.6 is 27.5 Å². The van der Waals surface area contributed by atoms with E-state index in [4.69, 9.17) is 11.6 Å². The van der Waals surface area contributed by atoms with Gasteiger partial charge in [0, 0.05) is 15.1 Å². The Balaban J connectivity index is 2.03. The molecule has 0 heterocycles. The number of carbonyl (C=O) groups excluding carboxylic acids is 1. The van der Waals surface area contributed by atoms with Crippen LogP contribution in [0, 0.1) is 0 Å². The Hall–Kier alpha value is -2.04. The summed E-state index contributed by atoms with van der Waals surface area (Å²) in [7, 11) is 0. The average molecular weight is 377 g/mol. The fourth-order valence-corrected chi connectivity index (χ4v) is 2.94. The third-order valence-corrected chi connectivity index (χ3v) is 4.25. The molecular weight excluding hydrogens is 366 g/mol. The van der Waals surface area contributed by atoms with Gasteiger partial charge in [0.2, 0.25) is 0 Å². The molecule has 0 bridgehead atoms. The highest BCUT2D eigenvalue weighted by Crippen LogP contribution is 2.29. The number of carbonyl (C=O) groups is 1. The lowest BCUT2D eigenvalue weighted by Crippen LogP contribution is -2.12. The third kappa shape index (κ3) is 2.80. The Morgan fingerprint density at radius 3 is 2.59 bits per heavy atom. The Morgan fingerprint density at radius 2 is 1.77 bits per heavy atom. The topological polar surface area (TPSA) is 49.3 Å². The van der Waals surface area contributed by atoms with Gasteiger partial charge in [-0.05, 0) is 41.1 Å². The molecule has 0 atom stereocenters. The summed E-state index contributed by atoms with van der Waals surface area (Å²) >= 11 is 9.37. The van der Waals surface area contributed by atoms with E-state index in [0.29, 0.717) is 10.6 Å². The van der Waals surface area contributed by atoms with Crippen LogP contribution < -0.4 is 5.32 Å². The Kier molecular flexibility index (Phi) is 4.05. The lowest BCUT2D eigenvalue weighted by Gasteiger charge is -2.10. The van der Waals surface area contributed by atoms with Crippen molar-refractivity contribution in [1.82, 2.24) is 0 Å². The van der Waals surface area contributed by atoms with Crippen molar-refractivity contribution in [3.63, 3.8) is 0 Å². The summed E-state index contributed by atoms with van der Waals surface area (Å²) in [5.74, 6) is -0.333. The van der Waals surface area contributed by atoms with Gasteiger partial charge in [-0.2, -0.15) is 0 Å². The molecule has 110 valence electrons. The van der Waals surface area contributed by atoms with Crippen molar-refractivity contribution in [2.24, 2.45) is 0 Å². The second-order valence-electron chi connectivity index (χ2n) is 4.76. The number of anilines is 1. The molecule has 3 nitrogen and oxygen atoms in total. The lowest BCUT2D eigenvalue weighted by molar-refractivity contribution is 0.102. The number of benzene rings is 3. The van der Waals surface area contributed by atoms with Crippen molar-refractivity contribution >= 4 is 49.9 Å². The number of hydrogen-bond acceptors (Lipinski definition) is 2. The summed E-state index contributed by atoms with van der Waals surface area (Å²) in [5, 5.41) is 14.7. The van der Waals surface area contributed by atoms with Crippen LogP contribution in [0.4, 0.5) is 5.69 Å². The van der Waals surface area contributed by atoms with E-state index < -0.39 is 0 Å². The standard InChI is InChI=1S/C17H11BrClNO2/c18-14-6-2-3-11-12(14)4-1-5-13(11)17(22)20-15-9-10(19)7-8-16(15)21/h1-9,21H,(H,20,22). The first-order valence-corrected chi connectivity index (χ1v) is 7.70. The van der Waals surface area contributed by atoms with E-state index in [0.717, 1.165) is 15.2 Å². The van der Waals surface area contributed by atoms with Crippen LogP contribution in [0.5, 0.6) is 5.75 Å². The van der Waals surface area contributed by atoms with Gasteiger partial charge in [0.05, 0.1) is 5.69 Å². The molecule has 22 heavy (non-hydrogen) atoms. The molecule has 0 fully saturated rings. The van der Waals surface area contributed by atoms with Gasteiger partial charge < -0.3 is 10.4 Å². The van der Waals surface area contributed by atoms with Crippen molar-refractivity contribution in [3.8, 4) is 5.75 Å². The van der Waals surface area contributed by atoms with E-state index in [9.17, 15) is 9.90 Å². The van der Waals surface area contributed by atoms with E-state index in [1.54, 1.807) is 12.1 Å². The normalized spacial score (nSPS) is 10.6. The highest BCUT2D eigenvalue weighted by molar-refractivity contribution is 9.10. The summed E-state index contributed by atoms with van der Waals surface area (Å²) in [6.07, 6.45) is 0. The minimum Gasteiger partial charge on any atom is -0.506 e. The minimum absolute atomic E-state index is 0.0285. The van der Waals surface area contributed by atoms with Crippen LogP contribution in [0.1, 0.15) is 10.4 Å². The fraction of sp³-hybridized carbons (Fsp3) is 0. The molecule has 2 N–H and O–H groups in total. The number of halogens is 2. The van der Waals surface area contributed by atoms with Crippen LogP contribution in [-0.4, -0.2) is 11.0 Å². The Morgan fingerprint density at radius 1 is 1.05 bits per heavy atom. The molecular formula is C17H11BrClNO2. The number of fused-ring (bicyclic) bond motifs is 1. The van der Waals surface area contributed by atoms with E-state index in [1.165, 1.54) is 12.1 Å². The van der Waals surface area contributed by atoms with E-state index in [1.807, 2.05) is 30.3 Å². The van der Waals surface area contributed by atoms with Crippen LogP contribution in [-0.2, 0) is 0 Å². The molecule has 0 saturated heterocycles. The molecule has 0 aromatic heterocycles.